The van der Waals surface area contributed by atoms with Gasteiger partial charge in [0, 0.05) is 16.5 Å². The monoisotopic (exact) mass is 498 g/mol. The van der Waals surface area contributed by atoms with Crippen LogP contribution in [0, 0.1) is 0 Å². The molecule has 170 valence electrons. The van der Waals surface area contributed by atoms with E-state index in [9.17, 15) is 22.6 Å². The lowest BCUT2D eigenvalue weighted by Gasteiger charge is -2.17. The van der Waals surface area contributed by atoms with Gasteiger partial charge in [-0.1, -0.05) is 29.8 Å². The van der Waals surface area contributed by atoms with Crippen molar-refractivity contribution in [1.82, 2.24) is 9.71 Å². The van der Waals surface area contributed by atoms with Crippen LogP contribution in [0.15, 0.2) is 58.2 Å². The van der Waals surface area contributed by atoms with E-state index in [1.165, 1.54) is 30.3 Å². The number of carbonyl (C=O) groups is 1. The van der Waals surface area contributed by atoms with E-state index in [1.54, 1.807) is 32.0 Å². The lowest BCUT2D eigenvalue weighted by atomic mass is 10.2. The Morgan fingerprint density at radius 3 is 2.31 bits per heavy atom. The van der Waals surface area contributed by atoms with Gasteiger partial charge in [0.05, 0.1) is 18.2 Å². The molecule has 0 saturated heterocycles. The molecule has 0 aliphatic heterocycles. The fourth-order valence-corrected chi connectivity index (χ4v) is 6.12. The van der Waals surface area contributed by atoms with Crippen LogP contribution in [0.4, 0.5) is 0 Å². The summed E-state index contributed by atoms with van der Waals surface area (Å²) >= 11 is 6.14. The summed E-state index contributed by atoms with van der Waals surface area (Å²) in [6.45, 7) is 3.25. The second-order valence-corrected chi connectivity index (χ2v) is 10.5. The maximum Gasteiger partial charge on any atom is 0.366 e. The van der Waals surface area contributed by atoms with Crippen LogP contribution in [0.2, 0.25) is 5.02 Å². The van der Waals surface area contributed by atoms with Gasteiger partial charge in [-0.05, 0) is 44.2 Å². The normalized spacial score (nSPS) is 12.1. The molecule has 0 atom stereocenters. The highest BCUT2D eigenvalue weighted by Gasteiger charge is 2.31. The van der Waals surface area contributed by atoms with Gasteiger partial charge in [0.15, 0.2) is 0 Å². The second kappa shape index (κ2) is 9.56. The molecule has 1 aromatic heterocycles. The molecule has 0 spiro atoms. The number of amides is 1. The fourth-order valence-electron chi connectivity index (χ4n) is 2.95. The number of fused-ring (bicyclic) bond motifs is 1. The average molecular weight is 499 g/mol. The van der Waals surface area contributed by atoms with Crippen molar-refractivity contribution < 1.29 is 26.8 Å². The minimum absolute atomic E-state index is 0.0283. The highest BCUT2D eigenvalue weighted by atomic mass is 35.5. The number of hydrogen-bond acceptors (Lipinski definition) is 7. The number of H-pyrrole nitrogens is 1. The van der Waals surface area contributed by atoms with Crippen LogP contribution >= 0.6 is 19.2 Å². The van der Waals surface area contributed by atoms with E-state index in [4.69, 9.17) is 20.6 Å². The van der Waals surface area contributed by atoms with E-state index >= 15 is 0 Å². The van der Waals surface area contributed by atoms with Crippen LogP contribution < -0.4 is 15.6 Å². The quantitative estimate of drug-likeness (QED) is 0.456. The smallest absolute Gasteiger partial charge is 0.321 e. The number of aromatic nitrogens is 1. The van der Waals surface area contributed by atoms with Crippen LogP contribution in [0.3, 0.4) is 0 Å². The molecular weight excluding hydrogens is 479 g/mol. The predicted octanol–water partition coefficient (Wildman–Crippen LogP) is 3.19. The number of benzene rings is 2. The van der Waals surface area contributed by atoms with Crippen molar-refractivity contribution in [1.29, 1.82) is 0 Å². The number of pyridine rings is 1. The molecule has 0 aliphatic rings. The van der Waals surface area contributed by atoms with Crippen LogP contribution in [0.1, 0.15) is 24.2 Å². The molecule has 12 heteroatoms. The van der Waals surface area contributed by atoms with Gasteiger partial charge in [-0.3, -0.25) is 14.2 Å². The topological polar surface area (TPSA) is 132 Å². The number of halogens is 1. The van der Waals surface area contributed by atoms with Gasteiger partial charge in [0.1, 0.15) is 10.2 Å². The molecule has 0 fully saturated rings. The molecule has 0 aliphatic carbocycles. The SMILES string of the molecule is CCOP(=O)(OCC)c1cc2cc(S(=O)(=O)NC(=O)c3ccccc3)c(Cl)cc2[nH]c1=O. The van der Waals surface area contributed by atoms with E-state index in [0.717, 1.165) is 0 Å². The second-order valence-electron chi connectivity index (χ2n) is 6.49. The minimum Gasteiger partial charge on any atom is -0.321 e. The number of aromatic amines is 1. The van der Waals surface area contributed by atoms with Gasteiger partial charge in [-0.25, -0.2) is 13.1 Å². The lowest BCUT2D eigenvalue weighted by molar-refractivity contribution is 0.0981. The van der Waals surface area contributed by atoms with Gasteiger partial charge in [0.25, 0.3) is 21.5 Å². The van der Waals surface area contributed by atoms with Crippen molar-refractivity contribution in [2.45, 2.75) is 18.7 Å². The van der Waals surface area contributed by atoms with Crippen molar-refractivity contribution in [3.8, 4) is 0 Å². The first-order valence-electron chi connectivity index (χ1n) is 9.49. The fraction of sp³-hybridized carbons (Fsp3) is 0.200. The van der Waals surface area contributed by atoms with Crippen molar-refractivity contribution in [2.24, 2.45) is 0 Å². The molecule has 0 radical (unpaired) electrons. The summed E-state index contributed by atoms with van der Waals surface area (Å²) in [5.41, 5.74) is -0.364. The highest BCUT2D eigenvalue weighted by molar-refractivity contribution is 7.90. The van der Waals surface area contributed by atoms with Crippen LogP contribution in [0.5, 0.6) is 0 Å². The number of hydrogen-bond donors (Lipinski definition) is 2. The molecule has 0 unspecified atom stereocenters. The molecule has 9 nitrogen and oxygen atoms in total. The Morgan fingerprint density at radius 2 is 1.72 bits per heavy atom. The van der Waals surface area contributed by atoms with Gasteiger partial charge in [0.2, 0.25) is 0 Å². The largest absolute Gasteiger partial charge is 0.366 e. The summed E-state index contributed by atoms with van der Waals surface area (Å²) in [5.74, 6) is -0.832. The van der Waals surface area contributed by atoms with Gasteiger partial charge < -0.3 is 14.0 Å². The van der Waals surface area contributed by atoms with E-state index < -0.39 is 34.0 Å². The summed E-state index contributed by atoms with van der Waals surface area (Å²) in [6.07, 6.45) is 0. The number of carbonyl (C=O) groups excluding carboxylic acids is 1. The third kappa shape index (κ3) is 4.95. The van der Waals surface area contributed by atoms with Crippen LogP contribution in [-0.4, -0.2) is 32.5 Å². The molecule has 2 N–H and O–H groups in total. The zero-order valence-corrected chi connectivity index (χ0v) is 19.6. The highest BCUT2D eigenvalue weighted by Crippen LogP contribution is 2.46. The standard InChI is InChI=1S/C20H20ClN2O7PS/c1-3-29-31(26,30-4-2)17-10-14-11-18(15(21)12-16(14)22-20(17)25)32(27,28)23-19(24)13-8-6-5-7-9-13/h5-12H,3-4H2,1-2H3,(H,22,25)(H,23,24). The zero-order valence-electron chi connectivity index (χ0n) is 17.1. The minimum atomic E-state index is -4.36. The Bertz CT molecular complexity index is 1360. The average Bonchev–Trinajstić information content (AvgIpc) is 2.73. The maximum absolute atomic E-state index is 13.1. The maximum atomic E-state index is 13.1. The van der Waals surface area contributed by atoms with Gasteiger partial charge >= 0.3 is 7.60 Å². The Kier molecular flexibility index (Phi) is 7.22. The number of nitrogens with one attached hydrogen (secondary N) is 2. The molecular formula is C20H20ClN2O7PS. The summed E-state index contributed by atoms with van der Waals surface area (Å²) in [7, 11) is -8.30. The van der Waals surface area contributed by atoms with Crippen molar-refractivity contribution >= 4 is 51.3 Å². The van der Waals surface area contributed by atoms with Gasteiger partial charge in [-0.2, -0.15) is 0 Å². The van der Waals surface area contributed by atoms with E-state index in [-0.39, 0.29) is 40.0 Å². The number of rotatable bonds is 8. The Balaban J connectivity index is 2.10. The predicted molar refractivity (Wildman–Crippen MR) is 121 cm³/mol. The van der Waals surface area contributed by atoms with E-state index in [2.05, 4.69) is 4.98 Å². The van der Waals surface area contributed by atoms with Crippen molar-refractivity contribution in [3.63, 3.8) is 0 Å². The van der Waals surface area contributed by atoms with Crippen molar-refractivity contribution in [2.75, 3.05) is 13.2 Å². The summed E-state index contributed by atoms with van der Waals surface area (Å²) in [4.78, 5) is 27.0. The van der Waals surface area contributed by atoms with E-state index in [0.29, 0.717) is 0 Å². The number of sulfonamides is 1. The van der Waals surface area contributed by atoms with Crippen LogP contribution in [0.25, 0.3) is 10.9 Å². The first-order valence-corrected chi connectivity index (χ1v) is 12.9. The Morgan fingerprint density at radius 1 is 1.09 bits per heavy atom. The molecule has 3 aromatic rings. The molecule has 0 saturated carbocycles. The molecule has 1 heterocycles. The van der Waals surface area contributed by atoms with Gasteiger partial charge in [-0.15, -0.1) is 0 Å². The molecule has 32 heavy (non-hydrogen) atoms. The molecule has 3 rings (SSSR count). The first-order chi connectivity index (χ1) is 15.1. The van der Waals surface area contributed by atoms with Crippen molar-refractivity contribution in [3.05, 3.63) is 69.5 Å². The lowest BCUT2D eigenvalue weighted by Crippen LogP contribution is -2.31. The summed E-state index contributed by atoms with van der Waals surface area (Å²) in [6, 6.07) is 11.4. The molecule has 1 amide bonds. The first kappa shape index (κ1) is 24.2. The third-order valence-electron chi connectivity index (χ3n) is 4.32. The summed E-state index contributed by atoms with van der Waals surface area (Å²) in [5, 5.41) is -0.282. The molecule has 2 aromatic carbocycles. The Hall–Kier alpha value is -2.49. The third-order valence-corrected chi connectivity index (χ3v) is 8.24. The van der Waals surface area contributed by atoms with E-state index in [1.807, 2.05) is 4.72 Å². The molecule has 0 bridgehead atoms. The Labute approximate surface area is 189 Å². The zero-order chi connectivity index (χ0) is 23.5. The van der Waals surface area contributed by atoms with Crippen LogP contribution in [-0.2, 0) is 23.6 Å². The summed E-state index contributed by atoms with van der Waals surface area (Å²) < 4.78 is 51.2.